The minimum Gasteiger partial charge on any atom is -0.375 e. The van der Waals surface area contributed by atoms with Crippen molar-refractivity contribution < 1.29 is 9.53 Å². The normalized spacial score (nSPS) is 20.5. The predicted octanol–water partition coefficient (Wildman–Crippen LogP) is 1.08. The molecule has 2 aromatic rings. The van der Waals surface area contributed by atoms with Gasteiger partial charge < -0.3 is 9.64 Å². The molecule has 0 spiro atoms. The number of aromatic nitrogens is 5. The van der Waals surface area contributed by atoms with Crippen LogP contribution in [0.5, 0.6) is 0 Å². The summed E-state index contributed by atoms with van der Waals surface area (Å²) in [7, 11) is 0. The van der Waals surface area contributed by atoms with Crippen LogP contribution < -0.4 is 0 Å². The third-order valence-electron chi connectivity index (χ3n) is 4.47. The van der Waals surface area contributed by atoms with Gasteiger partial charge in [0.25, 0.3) is 5.91 Å². The molecule has 2 aliphatic rings. The number of carbonyl (C=O) groups is 1. The van der Waals surface area contributed by atoms with E-state index >= 15 is 0 Å². The van der Waals surface area contributed by atoms with Crippen LogP contribution >= 0.6 is 0 Å². The molecule has 8 heteroatoms. The summed E-state index contributed by atoms with van der Waals surface area (Å²) in [5.41, 5.74) is 1.22. The number of likely N-dealkylation sites (tertiary alicyclic amines) is 1. The molecule has 8 nitrogen and oxygen atoms in total. The number of ether oxygens (including phenoxy) is 1. The number of rotatable bonds is 6. The monoisotopic (exact) mass is 328 g/mol. The van der Waals surface area contributed by atoms with E-state index in [1.165, 1.54) is 25.2 Å². The molecule has 1 saturated carbocycles. The van der Waals surface area contributed by atoms with E-state index in [1.807, 2.05) is 10.9 Å². The molecule has 0 aromatic carbocycles. The molecular formula is C16H20N6O2. The zero-order valence-electron chi connectivity index (χ0n) is 13.4. The highest BCUT2D eigenvalue weighted by Gasteiger charge is 2.29. The van der Waals surface area contributed by atoms with Gasteiger partial charge in [-0.05, 0) is 25.2 Å². The van der Waals surface area contributed by atoms with Crippen molar-refractivity contribution in [2.24, 2.45) is 5.92 Å². The highest BCUT2D eigenvalue weighted by Crippen LogP contribution is 2.29. The molecule has 1 aliphatic heterocycles. The Bertz CT molecular complexity index is 700. The lowest BCUT2D eigenvalue weighted by molar-refractivity contribution is 0.0780. The van der Waals surface area contributed by atoms with Crippen molar-refractivity contribution in [2.75, 3.05) is 19.7 Å². The third kappa shape index (κ3) is 3.43. The van der Waals surface area contributed by atoms with E-state index in [2.05, 4.69) is 20.3 Å². The van der Waals surface area contributed by atoms with Gasteiger partial charge in [0.15, 0.2) is 0 Å². The predicted molar refractivity (Wildman–Crippen MR) is 84.0 cm³/mol. The van der Waals surface area contributed by atoms with Gasteiger partial charge in [-0.15, -0.1) is 5.10 Å². The first-order valence-electron chi connectivity index (χ1n) is 8.33. The Hall–Kier alpha value is -2.35. The third-order valence-corrected chi connectivity index (χ3v) is 4.47. The highest BCUT2D eigenvalue weighted by atomic mass is 16.5. The molecule has 0 radical (unpaired) electrons. The lowest BCUT2D eigenvalue weighted by atomic mass is 10.3. The van der Waals surface area contributed by atoms with Crippen LogP contribution in [-0.4, -0.2) is 55.5 Å². The van der Waals surface area contributed by atoms with Gasteiger partial charge in [0.2, 0.25) is 0 Å². The summed E-state index contributed by atoms with van der Waals surface area (Å²) in [5.74, 6) is 0.661. The number of hydrogen-bond donors (Lipinski definition) is 0. The maximum absolute atomic E-state index is 12.4. The van der Waals surface area contributed by atoms with E-state index in [4.69, 9.17) is 4.74 Å². The summed E-state index contributed by atoms with van der Waals surface area (Å²) in [5, 5.41) is 8.37. The van der Waals surface area contributed by atoms with E-state index in [0.717, 1.165) is 24.6 Å². The van der Waals surface area contributed by atoms with Crippen molar-refractivity contribution in [3.8, 4) is 0 Å². The second-order valence-electron chi connectivity index (χ2n) is 6.43. The molecule has 0 N–H and O–H groups in total. The maximum Gasteiger partial charge on any atom is 0.274 e. The smallest absolute Gasteiger partial charge is 0.274 e. The Balaban J connectivity index is 1.32. The number of carbonyl (C=O) groups excluding carboxylic acids is 1. The van der Waals surface area contributed by atoms with E-state index in [9.17, 15) is 4.79 Å². The van der Waals surface area contributed by atoms with E-state index in [1.54, 1.807) is 11.1 Å². The molecule has 24 heavy (non-hydrogen) atoms. The Morgan fingerprint density at radius 2 is 2.21 bits per heavy atom. The van der Waals surface area contributed by atoms with Crippen molar-refractivity contribution in [1.82, 2.24) is 29.9 Å². The van der Waals surface area contributed by atoms with E-state index < -0.39 is 0 Å². The maximum atomic E-state index is 12.4. The summed E-state index contributed by atoms with van der Waals surface area (Å²) in [6.07, 6.45) is 9.94. The molecule has 0 bridgehead atoms. The molecule has 1 saturated heterocycles. The van der Waals surface area contributed by atoms with Gasteiger partial charge in [-0.2, -0.15) is 0 Å². The van der Waals surface area contributed by atoms with Gasteiger partial charge in [0.05, 0.1) is 25.0 Å². The van der Waals surface area contributed by atoms with Crippen LogP contribution in [0.15, 0.2) is 24.8 Å². The number of hydrogen-bond acceptors (Lipinski definition) is 6. The molecule has 1 atom stereocenters. The first kappa shape index (κ1) is 15.2. The molecule has 1 unspecified atom stereocenters. The second-order valence-corrected chi connectivity index (χ2v) is 6.43. The van der Waals surface area contributed by atoms with Crippen molar-refractivity contribution in [1.29, 1.82) is 0 Å². The summed E-state index contributed by atoms with van der Waals surface area (Å²) in [6, 6.07) is 0.148. The molecule has 2 aromatic heterocycles. The van der Waals surface area contributed by atoms with Crippen molar-refractivity contribution in [2.45, 2.75) is 31.9 Å². The minimum atomic E-state index is -0.0845. The van der Waals surface area contributed by atoms with Gasteiger partial charge in [0.1, 0.15) is 11.4 Å². The molecule has 126 valence electrons. The number of amides is 1. The summed E-state index contributed by atoms with van der Waals surface area (Å²) < 4.78 is 7.49. The van der Waals surface area contributed by atoms with Gasteiger partial charge in [0, 0.05) is 32.1 Å². The Kier molecular flexibility index (Phi) is 4.20. The number of nitrogens with zero attached hydrogens (tertiary/aromatic N) is 6. The van der Waals surface area contributed by atoms with Crippen LogP contribution in [0, 0.1) is 5.92 Å². The largest absolute Gasteiger partial charge is 0.375 e. The second kappa shape index (κ2) is 6.64. The SMILES string of the molecule is O=C(c1cnccn1)N1CCC(n2cc(COCC3CC3)nn2)C1. The highest BCUT2D eigenvalue weighted by molar-refractivity contribution is 5.92. The van der Waals surface area contributed by atoms with Crippen LogP contribution in [0.4, 0.5) is 0 Å². The zero-order chi connectivity index (χ0) is 16.4. The van der Waals surface area contributed by atoms with Gasteiger partial charge in [-0.25, -0.2) is 9.67 Å². The van der Waals surface area contributed by atoms with Gasteiger partial charge in [-0.3, -0.25) is 9.78 Å². The average Bonchev–Trinajstić information content (AvgIpc) is 3.12. The lowest BCUT2D eigenvalue weighted by Gasteiger charge is -2.15. The van der Waals surface area contributed by atoms with Crippen LogP contribution in [0.1, 0.15) is 41.5 Å². The molecule has 2 fully saturated rings. The zero-order valence-corrected chi connectivity index (χ0v) is 13.4. The minimum absolute atomic E-state index is 0.0845. The first-order valence-corrected chi connectivity index (χ1v) is 8.33. The van der Waals surface area contributed by atoms with Gasteiger partial charge in [-0.1, -0.05) is 5.21 Å². The van der Waals surface area contributed by atoms with E-state index in [-0.39, 0.29) is 11.9 Å². The van der Waals surface area contributed by atoms with Crippen LogP contribution in [0.3, 0.4) is 0 Å². The molecule has 4 rings (SSSR count). The Morgan fingerprint density at radius 1 is 1.29 bits per heavy atom. The molecule has 1 aliphatic carbocycles. The lowest BCUT2D eigenvalue weighted by Crippen LogP contribution is -2.30. The summed E-state index contributed by atoms with van der Waals surface area (Å²) in [6.45, 7) is 2.62. The van der Waals surface area contributed by atoms with Crippen molar-refractivity contribution >= 4 is 5.91 Å². The van der Waals surface area contributed by atoms with Gasteiger partial charge >= 0.3 is 0 Å². The molecule has 1 amide bonds. The van der Waals surface area contributed by atoms with E-state index in [0.29, 0.717) is 25.4 Å². The molecular weight excluding hydrogens is 308 g/mol. The Labute approximate surface area is 139 Å². The first-order chi connectivity index (χ1) is 11.8. The van der Waals surface area contributed by atoms with Crippen LogP contribution in [0.25, 0.3) is 0 Å². The summed E-state index contributed by atoms with van der Waals surface area (Å²) in [4.78, 5) is 22.2. The Morgan fingerprint density at radius 3 is 3.00 bits per heavy atom. The molecule has 3 heterocycles. The van der Waals surface area contributed by atoms with Crippen molar-refractivity contribution in [3.63, 3.8) is 0 Å². The fourth-order valence-electron chi connectivity index (χ4n) is 2.89. The average molecular weight is 328 g/mol. The standard InChI is InChI=1S/C16H20N6O2/c23-16(15-7-17-4-5-18-15)21-6-3-14(9-21)22-8-13(19-20-22)11-24-10-12-1-2-12/h4-5,7-8,12,14H,1-3,6,9-11H2. The van der Waals surface area contributed by atoms with Crippen molar-refractivity contribution in [3.05, 3.63) is 36.2 Å². The fourth-order valence-corrected chi connectivity index (χ4v) is 2.89. The quantitative estimate of drug-likeness (QED) is 0.789. The van der Waals surface area contributed by atoms with Crippen LogP contribution in [0.2, 0.25) is 0 Å². The summed E-state index contributed by atoms with van der Waals surface area (Å²) >= 11 is 0. The van der Waals surface area contributed by atoms with Crippen LogP contribution in [-0.2, 0) is 11.3 Å². The topological polar surface area (TPSA) is 86.0 Å². The fraction of sp³-hybridized carbons (Fsp3) is 0.562.